The van der Waals surface area contributed by atoms with Crippen LogP contribution < -0.4 is 0 Å². The molecule has 0 aliphatic heterocycles. The topological polar surface area (TPSA) is 51.6 Å². The van der Waals surface area contributed by atoms with Gasteiger partial charge in [-0.2, -0.15) is 0 Å². The molecule has 4 aromatic heterocycles. The van der Waals surface area contributed by atoms with E-state index in [2.05, 4.69) is 107 Å². The Morgan fingerprint density at radius 3 is 1.63 bits per heavy atom. The Bertz CT molecular complexity index is 2200. The third-order valence-electron chi connectivity index (χ3n) is 7.32. The van der Waals surface area contributed by atoms with Crippen LogP contribution in [-0.2, 0) is 0 Å². The minimum Gasteiger partial charge on any atom is -0.254 e. The van der Waals surface area contributed by atoms with Gasteiger partial charge in [0.15, 0.2) is 0 Å². The molecule has 4 heterocycles. The summed E-state index contributed by atoms with van der Waals surface area (Å²) in [5.41, 5.74) is 7.76. The van der Waals surface area contributed by atoms with Gasteiger partial charge in [0.2, 0.25) is 0 Å². The van der Waals surface area contributed by atoms with Crippen LogP contribution in [-0.4, -0.2) is 19.9 Å². The molecule has 0 atom stereocenters. The van der Waals surface area contributed by atoms with Gasteiger partial charge in [-0.3, -0.25) is 9.97 Å². The van der Waals surface area contributed by atoms with Gasteiger partial charge in [-0.15, -0.1) is 0 Å². The van der Waals surface area contributed by atoms with Gasteiger partial charge in [0.05, 0.1) is 33.5 Å². The number of fused-ring (bicyclic) bond motifs is 7. The van der Waals surface area contributed by atoms with Gasteiger partial charge in [0.25, 0.3) is 0 Å². The number of hydrogen-bond acceptors (Lipinski definition) is 4. The zero-order valence-electron chi connectivity index (χ0n) is 20.3. The first-order valence-corrected chi connectivity index (χ1v) is 12.6. The van der Waals surface area contributed by atoms with Crippen molar-refractivity contribution in [1.29, 1.82) is 0 Å². The molecule has 0 N–H and O–H groups in total. The molecule has 0 saturated carbocycles. The lowest BCUT2D eigenvalue weighted by atomic mass is 9.98. The molecule has 4 nitrogen and oxygen atoms in total. The lowest BCUT2D eigenvalue weighted by molar-refractivity contribution is 1.37. The van der Waals surface area contributed by atoms with Crippen LogP contribution in [0.2, 0.25) is 0 Å². The highest BCUT2D eigenvalue weighted by atomic mass is 14.8. The molecule has 8 rings (SSSR count). The Kier molecular flexibility index (Phi) is 4.49. The molecule has 0 saturated heterocycles. The van der Waals surface area contributed by atoms with Crippen LogP contribution in [0.25, 0.3) is 76.9 Å². The van der Waals surface area contributed by atoms with Gasteiger partial charge in [-0.1, -0.05) is 78.9 Å². The Morgan fingerprint density at radius 2 is 0.947 bits per heavy atom. The number of pyridine rings is 4. The van der Waals surface area contributed by atoms with E-state index in [1.807, 2.05) is 24.5 Å². The fourth-order valence-electron chi connectivity index (χ4n) is 5.42. The van der Waals surface area contributed by atoms with E-state index < -0.39 is 0 Å². The molecule has 4 heteroatoms. The first-order valence-electron chi connectivity index (χ1n) is 12.6. The van der Waals surface area contributed by atoms with E-state index in [0.717, 1.165) is 76.9 Å². The maximum atomic E-state index is 5.09. The first kappa shape index (κ1) is 20.9. The summed E-state index contributed by atoms with van der Waals surface area (Å²) in [6, 6.07) is 37.9. The second kappa shape index (κ2) is 8.15. The van der Waals surface area contributed by atoms with Crippen LogP contribution in [0.3, 0.4) is 0 Å². The van der Waals surface area contributed by atoms with Crippen molar-refractivity contribution < 1.29 is 0 Å². The highest BCUT2D eigenvalue weighted by molar-refractivity contribution is 6.06. The van der Waals surface area contributed by atoms with Crippen molar-refractivity contribution in [3.05, 3.63) is 122 Å². The smallest absolute Gasteiger partial charge is 0.0972 e. The lowest BCUT2D eigenvalue weighted by Gasteiger charge is -2.11. The summed E-state index contributed by atoms with van der Waals surface area (Å²) in [7, 11) is 0. The van der Waals surface area contributed by atoms with Crippen LogP contribution in [0, 0.1) is 0 Å². The largest absolute Gasteiger partial charge is 0.254 e. The molecule has 0 fully saturated rings. The molecule has 8 aromatic rings. The molecule has 0 amide bonds. The molecule has 0 spiro atoms. The predicted octanol–water partition coefficient (Wildman–Crippen LogP) is 8.37. The van der Waals surface area contributed by atoms with Gasteiger partial charge in [-0.25, -0.2) is 9.97 Å². The number of benzene rings is 4. The van der Waals surface area contributed by atoms with E-state index in [9.17, 15) is 0 Å². The summed E-state index contributed by atoms with van der Waals surface area (Å²) >= 11 is 0. The average Bonchev–Trinajstić information content (AvgIpc) is 3.00. The molecular weight excluding hydrogens is 464 g/mol. The lowest BCUT2D eigenvalue weighted by Crippen LogP contribution is -1.91. The molecule has 0 aliphatic carbocycles. The van der Waals surface area contributed by atoms with Crippen molar-refractivity contribution in [3.63, 3.8) is 0 Å². The maximum Gasteiger partial charge on any atom is 0.0972 e. The fraction of sp³-hybridized carbons (Fsp3) is 0. The van der Waals surface area contributed by atoms with Crippen molar-refractivity contribution in [2.24, 2.45) is 0 Å². The Hall–Kier alpha value is -5.22. The van der Waals surface area contributed by atoms with Crippen LogP contribution in [0.15, 0.2) is 122 Å². The van der Waals surface area contributed by atoms with E-state index in [0.29, 0.717) is 0 Å². The minimum absolute atomic E-state index is 0.926. The highest BCUT2D eigenvalue weighted by Gasteiger charge is 2.11. The van der Waals surface area contributed by atoms with Crippen LogP contribution >= 0.6 is 0 Å². The van der Waals surface area contributed by atoms with Gasteiger partial charge < -0.3 is 0 Å². The maximum absolute atomic E-state index is 5.09. The van der Waals surface area contributed by atoms with Crippen molar-refractivity contribution in [3.8, 4) is 22.5 Å². The summed E-state index contributed by atoms with van der Waals surface area (Å²) in [5.74, 6) is 0. The molecular formula is C34H20N4. The first-order chi connectivity index (χ1) is 18.8. The van der Waals surface area contributed by atoms with Crippen molar-refractivity contribution in [1.82, 2.24) is 19.9 Å². The SMILES string of the molecule is c1cc(-c2ccc3ccc4cccnc4c3n2)c2ccc(-c3ccc4ccc5cccnc5c4n3)cc2c1. The summed E-state index contributed by atoms with van der Waals surface area (Å²) in [6.45, 7) is 0. The van der Waals surface area contributed by atoms with Crippen molar-refractivity contribution in [2.45, 2.75) is 0 Å². The van der Waals surface area contributed by atoms with E-state index in [4.69, 9.17) is 9.97 Å². The fourth-order valence-corrected chi connectivity index (χ4v) is 5.42. The quantitative estimate of drug-likeness (QED) is 0.231. The molecule has 0 bridgehead atoms. The summed E-state index contributed by atoms with van der Waals surface area (Å²) in [5, 5.41) is 6.68. The van der Waals surface area contributed by atoms with Gasteiger partial charge in [0, 0.05) is 45.1 Å². The van der Waals surface area contributed by atoms with E-state index >= 15 is 0 Å². The summed E-state index contributed by atoms with van der Waals surface area (Å²) in [4.78, 5) is 19.4. The summed E-state index contributed by atoms with van der Waals surface area (Å²) < 4.78 is 0. The second-order valence-electron chi connectivity index (χ2n) is 9.56. The standard InChI is InChI=1S/C34H20N4/c1-4-25-20-26(29-16-13-23-10-8-21-5-2-18-35-31(21)33(23)37-29)12-15-27(25)28(7-1)30-17-14-24-11-9-22-6-3-19-36-32(22)34(24)38-30/h1-20H. The molecule has 4 aromatic carbocycles. The Morgan fingerprint density at radius 1 is 0.395 bits per heavy atom. The normalized spacial score (nSPS) is 11.7. The molecule has 0 aliphatic rings. The van der Waals surface area contributed by atoms with Crippen LogP contribution in [0.5, 0.6) is 0 Å². The van der Waals surface area contributed by atoms with Crippen LogP contribution in [0.1, 0.15) is 0 Å². The van der Waals surface area contributed by atoms with E-state index in [1.165, 1.54) is 0 Å². The minimum atomic E-state index is 0.926. The average molecular weight is 485 g/mol. The zero-order valence-corrected chi connectivity index (χ0v) is 20.3. The van der Waals surface area contributed by atoms with E-state index in [-0.39, 0.29) is 0 Å². The van der Waals surface area contributed by atoms with Crippen molar-refractivity contribution >= 4 is 54.4 Å². The molecule has 0 radical (unpaired) electrons. The third kappa shape index (κ3) is 3.24. The predicted molar refractivity (Wildman–Crippen MR) is 156 cm³/mol. The Balaban J connectivity index is 1.28. The second-order valence-corrected chi connectivity index (χ2v) is 9.56. The Labute approximate surface area is 218 Å². The van der Waals surface area contributed by atoms with Crippen LogP contribution in [0.4, 0.5) is 0 Å². The highest BCUT2D eigenvalue weighted by Crippen LogP contribution is 2.33. The molecule has 0 unspecified atom stereocenters. The summed E-state index contributed by atoms with van der Waals surface area (Å²) in [6.07, 6.45) is 3.66. The molecule has 38 heavy (non-hydrogen) atoms. The van der Waals surface area contributed by atoms with Gasteiger partial charge in [0.1, 0.15) is 0 Å². The number of aromatic nitrogens is 4. The number of rotatable bonds is 2. The van der Waals surface area contributed by atoms with Gasteiger partial charge in [-0.05, 0) is 41.1 Å². The molecule has 176 valence electrons. The monoisotopic (exact) mass is 484 g/mol. The number of hydrogen-bond donors (Lipinski definition) is 0. The third-order valence-corrected chi connectivity index (χ3v) is 7.32. The van der Waals surface area contributed by atoms with Crippen molar-refractivity contribution in [2.75, 3.05) is 0 Å². The van der Waals surface area contributed by atoms with Gasteiger partial charge >= 0.3 is 0 Å². The number of nitrogens with zero attached hydrogens (tertiary/aromatic N) is 4. The van der Waals surface area contributed by atoms with E-state index in [1.54, 1.807) is 0 Å². The zero-order chi connectivity index (χ0) is 25.1.